The number of halogens is 3. The molecule has 1 saturated carbocycles. The largest absolute Gasteiger partial charge is 0.493 e. The Labute approximate surface area is 214 Å². The maximum atomic E-state index is 13.2. The topological polar surface area (TPSA) is 76.4 Å². The molecule has 3 aromatic rings. The molecular formula is C26H28Cl2FN3O3. The van der Waals surface area contributed by atoms with E-state index in [1.807, 2.05) is 23.6 Å². The van der Waals surface area contributed by atoms with Crippen LogP contribution in [0.3, 0.4) is 0 Å². The fourth-order valence-corrected chi connectivity index (χ4v) is 4.83. The van der Waals surface area contributed by atoms with Crippen molar-refractivity contribution in [3.63, 3.8) is 0 Å². The fraction of sp³-hybridized carbons (Fsp3) is 0.385. The quantitative estimate of drug-likeness (QED) is 0.361. The van der Waals surface area contributed by atoms with E-state index in [0.29, 0.717) is 52.3 Å². The summed E-state index contributed by atoms with van der Waals surface area (Å²) in [5, 5.41) is 14.2. The molecule has 0 aliphatic heterocycles. The number of nitrogens with zero attached hydrogens (tertiary/aromatic N) is 2. The summed E-state index contributed by atoms with van der Waals surface area (Å²) in [6.45, 7) is 1.68. The molecule has 2 aromatic carbocycles. The van der Waals surface area contributed by atoms with Crippen LogP contribution >= 0.6 is 23.2 Å². The number of benzene rings is 2. The lowest BCUT2D eigenvalue weighted by atomic mass is 9.92. The Kier molecular flexibility index (Phi) is 8.31. The molecule has 2 N–H and O–H groups in total. The van der Waals surface area contributed by atoms with Crippen molar-refractivity contribution in [1.29, 1.82) is 0 Å². The smallest absolute Gasteiger partial charge is 0.272 e. The van der Waals surface area contributed by atoms with Crippen LogP contribution in [0.5, 0.6) is 5.75 Å². The number of alkyl halides is 1. The lowest BCUT2D eigenvalue weighted by Crippen LogP contribution is -2.45. The molecule has 35 heavy (non-hydrogen) atoms. The molecule has 2 atom stereocenters. The Morgan fingerprint density at radius 3 is 2.63 bits per heavy atom. The molecule has 9 heteroatoms. The summed E-state index contributed by atoms with van der Waals surface area (Å²) in [5.41, 5.74) is 2.26. The van der Waals surface area contributed by atoms with Gasteiger partial charge in [0.15, 0.2) is 0 Å². The van der Waals surface area contributed by atoms with Gasteiger partial charge in [-0.1, -0.05) is 36.0 Å². The van der Waals surface area contributed by atoms with E-state index in [4.69, 9.17) is 27.9 Å². The van der Waals surface area contributed by atoms with E-state index in [-0.39, 0.29) is 17.6 Å². The van der Waals surface area contributed by atoms with Crippen LogP contribution in [0.1, 0.15) is 48.3 Å². The summed E-state index contributed by atoms with van der Waals surface area (Å²) < 4.78 is 19.8. The number of amides is 1. The van der Waals surface area contributed by atoms with Crippen molar-refractivity contribution < 1.29 is 19.0 Å². The van der Waals surface area contributed by atoms with Gasteiger partial charge in [-0.15, -0.1) is 0 Å². The van der Waals surface area contributed by atoms with Crippen molar-refractivity contribution >= 4 is 29.1 Å². The summed E-state index contributed by atoms with van der Waals surface area (Å²) in [6, 6.07) is 12.1. The predicted molar refractivity (Wildman–Crippen MR) is 136 cm³/mol. The summed E-state index contributed by atoms with van der Waals surface area (Å²) in [6.07, 6.45) is 3.07. The third-order valence-corrected chi connectivity index (χ3v) is 6.73. The molecule has 186 valence electrons. The van der Waals surface area contributed by atoms with Gasteiger partial charge in [0, 0.05) is 22.7 Å². The van der Waals surface area contributed by atoms with Crippen LogP contribution in [0.2, 0.25) is 10.0 Å². The van der Waals surface area contributed by atoms with Gasteiger partial charge in [0.1, 0.15) is 17.3 Å². The third-order valence-electron chi connectivity index (χ3n) is 6.18. The molecule has 1 amide bonds. The first kappa shape index (κ1) is 25.5. The zero-order valence-corrected chi connectivity index (χ0v) is 20.9. The number of carbonyl (C=O) groups excluding carboxylic acids is 1. The van der Waals surface area contributed by atoms with Gasteiger partial charge in [-0.05, 0) is 62.2 Å². The van der Waals surface area contributed by atoms with Crippen molar-refractivity contribution in [2.24, 2.45) is 0 Å². The SMILES string of the molecule is Cc1c(C(=O)N[C@@H]2CCCC[C@@H]2O)nc(-c2ccc(Cl)cc2Cl)n1-c1ccc(OCCCF)cc1. The minimum atomic E-state index is -0.565. The Balaban J connectivity index is 1.72. The summed E-state index contributed by atoms with van der Waals surface area (Å²) in [5.74, 6) is 0.768. The highest BCUT2D eigenvalue weighted by Gasteiger charge is 2.28. The molecule has 1 heterocycles. The average Bonchev–Trinajstić information content (AvgIpc) is 3.18. The highest BCUT2D eigenvalue weighted by molar-refractivity contribution is 6.36. The Morgan fingerprint density at radius 1 is 1.20 bits per heavy atom. The molecule has 1 aliphatic rings. The minimum Gasteiger partial charge on any atom is -0.493 e. The zero-order chi connectivity index (χ0) is 24.9. The van der Waals surface area contributed by atoms with Crippen molar-refractivity contribution in [2.45, 2.75) is 51.2 Å². The number of imidazole rings is 1. The first-order chi connectivity index (χ1) is 16.9. The van der Waals surface area contributed by atoms with E-state index >= 15 is 0 Å². The lowest BCUT2D eigenvalue weighted by molar-refractivity contribution is 0.0713. The van der Waals surface area contributed by atoms with Crippen molar-refractivity contribution in [1.82, 2.24) is 14.9 Å². The molecule has 1 fully saturated rings. The summed E-state index contributed by atoms with van der Waals surface area (Å²) in [7, 11) is 0. The van der Waals surface area contributed by atoms with Crippen LogP contribution < -0.4 is 10.1 Å². The highest BCUT2D eigenvalue weighted by Crippen LogP contribution is 2.34. The first-order valence-electron chi connectivity index (χ1n) is 11.7. The number of carbonyl (C=O) groups is 1. The van der Waals surface area contributed by atoms with Crippen LogP contribution in [0.25, 0.3) is 17.1 Å². The Bertz CT molecular complexity index is 1180. The van der Waals surface area contributed by atoms with Crippen LogP contribution in [0.4, 0.5) is 4.39 Å². The molecule has 1 aromatic heterocycles. The van der Waals surface area contributed by atoms with Gasteiger partial charge in [0.05, 0.1) is 36.1 Å². The van der Waals surface area contributed by atoms with Gasteiger partial charge in [-0.2, -0.15) is 0 Å². The zero-order valence-electron chi connectivity index (χ0n) is 19.4. The molecule has 0 unspecified atom stereocenters. The number of hydrogen-bond acceptors (Lipinski definition) is 4. The van der Waals surface area contributed by atoms with E-state index in [9.17, 15) is 14.3 Å². The number of aliphatic hydroxyl groups excluding tert-OH is 1. The standard InChI is InChI=1S/C26H28Cl2FN3O3/c1-16-24(26(34)30-22-5-2-3-6-23(22)33)31-25(20-12-7-17(27)15-21(20)28)32(16)18-8-10-19(11-9-18)35-14-4-13-29/h7-12,15,22-23,33H,2-6,13-14H2,1H3,(H,30,34)/t22-,23+/m1/s1. The van der Waals surface area contributed by atoms with Crippen LogP contribution in [0.15, 0.2) is 42.5 Å². The number of hydrogen-bond donors (Lipinski definition) is 2. The number of aliphatic hydroxyl groups is 1. The van der Waals surface area contributed by atoms with Gasteiger partial charge in [0.2, 0.25) is 0 Å². The molecule has 1 aliphatic carbocycles. The van der Waals surface area contributed by atoms with Crippen LogP contribution in [-0.4, -0.2) is 46.0 Å². The second-order valence-corrected chi connectivity index (χ2v) is 9.49. The number of aromatic nitrogens is 2. The number of nitrogens with one attached hydrogen (secondary N) is 1. The molecular weight excluding hydrogens is 492 g/mol. The van der Waals surface area contributed by atoms with Gasteiger partial charge in [0.25, 0.3) is 5.91 Å². The van der Waals surface area contributed by atoms with Gasteiger partial charge < -0.3 is 15.2 Å². The van der Waals surface area contributed by atoms with E-state index in [2.05, 4.69) is 10.3 Å². The van der Waals surface area contributed by atoms with Gasteiger partial charge in [-0.3, -0.25) is 13.8 Å². The van der Waals surface area contributed by atoms with E-state index in [0.717, 1.165) is 24.9 Å². The molecule has 6 nitrogen and oxygen atoms in total. The lowest BCUT2D eigenvalue weighted by Gasteiger charge is -2.28. The number of ether oxygens (including phenoxy) is 1. The molecule has 0 bridgehead atoms. The maximum absolute atomic E-state index is 13.2. The average molecular weight is 520 g/mol. The van der Waals surface area contributed by atoms with Crippen molar-refractivity contribution in [3.8, 4) is 22.8 Å². The fourth-order valence-electron chi connectivity index (χ4n) is 4.34. The van der Waals surface area contributed by atoms with Crippen LogP contribution in [-0.2, 0) is 0 Å². The van der Waals surface area contributed by atoms with E-state index in [1.165, 1.54) is 0 Å². The summed E-state index contributed by atoms with van der Waals surface area (Å²) >= 11 is 12.6. The Hall–Kier alpha value is -2.61. The van der Waals surface area contributed by atoms with E-state index < -0.39 is 12.8 Å². The molecule has 0 radical (unpaired) electrons. The summed E-state index contributed by atoms with van der Waals surface area (Å²) in [4.78, 5) is 17.9. The van der Waals surface area contributed by atoms with Gasteiger partial charge >= 0.3 is 0 Å². The second kappa shape index (κ2) is 11.4. The van der Waals surface area contributed by atoms with E-state index in [1.54, 1.807) is 30.3 Å². The third kappa shape index (κ3) is 5.80. The minimum absolute atomic E-state index is 0.257. The normalized spacial score (nSPS) is 17.9. The molecule has 4 rings (SSSR count). The highest BCUT2D eigenvalue weighted by atomic mass is 35.5. The van der Waals surface area contributed by atoms with Crippen molar-refractivity contribution in [2.75, 3.05) is 13.3 Å². The molecule has 0 saturated heterocycles. The molecule has 0 spiro atoms. The maximum Gasteiger partial charge on any atom is 0.272 e. The second-order valence-electron chi connectivity index (χ2n) is 8.65. The predicted octanol–water partition coefficient (Wildman–Crippen LogP) is 5.93. The monoisotopic (exact) mass is 519 g/mol. The first-order valence-corrected chi connectivity index (χ1v) is 12.5. The van der Waals surface area contributed by atoms with Crippen LogP contribution in [0, 0.1) is 6.92 Å². The van der Waals surface area contributed by atoms with Gasteiger partial charge in [-0.25, -0.2) is 4.98 Å². The number of rotatable bonds is 8. The Morgan fingerprint density at radius 2 is 1.94 bits per heavy atom. The van der Waals surface area contributed by atoms with Crippen molar-refractivity contribution in [3.05, 3.63) is 63.9 Å².